The lowest BCUT2D eigenvalue weighted by Crippen LogP contribution is -2.88. The number of methoxy groups -OCH3 is 2. The molecule has 1 fully saturated rings. The summed E-state index contributed by atoms with van der Waals surface area (Å²) in [5.74, 6) is -7.79. The molecule has 1 heterocycles. The van der Waals surface area contributed by atoms with Crippen molar-refractivity contribution in [3.05, 3.63) is 93.5 Å². The molecule has 9 N–H and O–H groups in total. The minimum atomic E-state index is -3.51. The maximum Gasteiger partial charge on any atom is 0.321 e. The van der Waals surface area contributed by atoms with E-state index in [0.717, 1.165) is 4.90 Å². The number of carbonyl (C=O) groups is 5. The van der Waals surface area contributed by atoms with Gasteiger partial charge in [0.1, 0.15) is 17.1 Å². The summed E-state index contributed by atoms with van der Waals surface area (Å²) in [6.45, 7) is -0.945. The summed E-state index contributed by atoms with van der Waals surface area (Å²) >= 11 is 12.5. The Morgan fingerprint density at radius 1 is 0.833 bits per heavy atom. The molecule has 3 aromatic carbocycles. The second-order valence-electron chi connectivity index (χ2n) is 11.2. The highest BCUT2D eigenvalue weighted by Gasteiger charge is 2.83. The molecule has 0 aromatic heterocycles. The van der Waals surface area contributed by atoms with Crippen molar-refractivity contribution in [2.75, 3.05) is 27.8 Å². The average molecular weight is 702 g/mol. The van der Waals surface area contributed by atoms with Crippen LogP contribution in [-0.2, 0) is 31.3 Å². The lowest BCUT2D eigenvalue weighted by Gasteiger charge is -2.62. The van der Waals surface area contributed by atoms with Gasteiger partial charge >= 0.3 is 6.03 Å². The second kappa shape index (κ2) is 13.2. The van der Waals surface area contributed by atoms with Crippen LogP contribution in [0.15, 0.2) is 66.7 Å². The van der Waals surface area contributed by atoms with Crippen LogP contribution < -0.4 is 32.4 Å². The number of carbonyl (C=O) groups excluding carboxylic acids is 5. The Balaban J connectivity index is 2.10. The Bertz CT molecular complexity index is 1740. The number of nitrogens with two attached hydrogens (primary N) is 4. The molecule has 6 amide bonds. The summed E-state index contributed by atoms with van der Waals surface area (Å²) < 4.78 is 10.6. The predicted molar refractivity (Wildman–Crippen MR) is 175 cm³/mol. The van der Waals surface area contributed by atoms with Crippen LogP contribution in [0.5, 0.6) is 11.5 Å². The minimum Gasteiger partial charge on any atom is -0.497 e. The summed E-state index contributed by atoms with van der Waals surface area (Å²) in [6, 6.07) is 14.9. The van der Waals surface area contributed by atoms with Crippen LogP contribution in [0.25, 0.3) is 0 Å². The number of nitrogens with zero attached hydrogens (tertiary/aromatic N) is 2. The number of ether oxygens (including phenoxy) is 2. The molecule has 48 heavy (non-hydrogen) atoms. The summed E-state index contributed by atoms with van der Waals surface area (Å²) in [7, 11) is 4.17. The van der Waals surface area contributed by atoms with Crippen LogP contribution in [0.2, 0.25) is 10.0 Å². The first kappa shape index (κ1) is 35.8. The zero-order valence-corrected chi connectivity index (χ0v) is 27.6. The first-order valence-electron chi connectivity index (χ1n) is 14.2. The zero-order chi connectivity index (χ0) is 35.8. The first-order valence-corrected chi connectivity index (χ1v) is 15.0. The van der Waals surface area contributed by atoms with Gasteiger partial charge in [-0.1, -0.05) is 59.6 Å². The van der Waals surface area contributed by atoms with Gasteiger partial charge in [-0.25, -0.2) is 4.79 Å². The third-order valence-corrected chi connectivity index (χ3v) is 9.53. The van der Waals surface area contributed by atoms with Crippen LogP contribution in [0.4, 0.5) is 4.79 Å². The fraction of sp³-hybridized carbons (Fsp3) is 0.281. The van der Waals surface area contributed by atoms with Crippen LogP contribution >= 0.6 is 23.2 Å². The van der Waals surface area contributed by atoms with Crippen molar-refractivity contribution in [2.24, 2.45) is 28.3 Å². The highest BCUT2D eigenvalue weighted by molar-refractivity contribution is 6.42. The highest BCUT2D eigenvalue weighted by atomic mass is 35.5. The van der Waals surface area contributed by atoms with Crippen molar-refractivity contribution < 1.29 is 38.6 Å². The van der Waals surface area contributed by atoms with Crippen LogP contribution in [-0.4, -0.2) is 77.9 Å². The Hall–Kier alpha value is -5.05. The SMILES string of the molecule is COc1cc(CN(C)C(=O)N2CC(c3ccc(Cl)c(Cl)c3)C(O)(c3ccccc3)C(C(N)=O)(C(N)=O)C2(C(N)=O)C(N)=O)cc(OC)c1. The molecule has 14 nitrogen and oxygen atoms in total. The molecule has 0 saturated carbocycles. The number of aliphatic hydroxyl groups is 1. The van der Waals surface area contributed by atoms with Crippen molar-refractivity contribution in [1.29, 1.82) is 0 Å². The maximum absolute atomic E-state index is 14.6. The van der Waals surface area contributed by atoms with Crippen molar-refractivity contribution in [2.45, 2.75) is 23.6 Å². The topological polar surface area (TPSA) is 235 Å². The van der Waals surface area contributed by atoms with E-state index in [2.05, 4.69) is 0 Å². The van der Waals surface area contributed by atoms with Crippen LogP contribution in [0, 0.1) is 5.41 Å². The van der Waals surface area contributed by atoms with Gasteiger partial charge < -0.3 is 42.4 Å². The molecule has 16 heteroatoms. The summed E-state index contributed by atoms with van der Waals surface area (Å²) in [6.07, 6.45) is 0. The summed E-state index contributed by atoms with van der Waals surface area (Å²) in [4.78, 5) is 71.6. The number of hydrogen-bond acceptors (Lipinski definition) is 8. The zero-order valence-electron chi connectivity index (χ0n) is 26.1. The van der Waals surface area contributed by atoms with E-state index < -0.39 is 58.7 Å². The number of benzene rings is 3. The fourth-order valence-electron chi connectivity index (χ4n) is 6.71. The maximum atomic E-state index is 14.6. The molecule has 1 aliphatic rings. The van der Waals surface area contributed by atoms with E-state index in [1.54, 1.807) is 24.3 Å². The fourth-order valence-corrected chi connectivity index (χ4v) is 7.02. The van der Waals surface area contributed by atoms with E-state index in [1.807, 2.05) is 0 Å². The van der Waals surface area contributed by atoms with Crippen LogP contribution in [0.1, 0.15) is 22.6 Å². The monoisotopic (exact) mass is 700 g/mol. The first-order chi connectivity index (χ1) is 22.5. The third kappa shape index (κ3) is 5.21. The number of likely N-dealkylation sites (tertiary alicyclic amines) is 1. The van der Waals surface area contributed by atoms with E-state index in [0.29, 0.717) is 22.0 Å². The number of piperidine rings is 1. The molecule has 4 rings (SSSR count). The van der Waals surface area contributed by atoms with Gasteiger partial charge in [0.15, 0.2) is 0 Å². The second-order valence-corrected chi connectivity index (χ2v) is 12.1. The van der Waals surface area contributed by atoms with E-state index in [-0.39, 0.29) is 27.7 Å². The normalized spacial score (nSPS) is 19.5. The van der Waals surface area contributed by atoms with E-state index in [9.17, 15) is 29.1 Å². The number of halogens is 2. The lowest BCUT2D eigenvalue weighted by atomic mass is 9.48. The van der Waals surface area contributed by atoms with Crippen molar-refractivity contribution in [3.8, 4) is 11.5 Å². The molecule has 2 unspecified atom stereocenters. The molecule has 3 aromatic rings. The van der Waals surface area contributed by atoms with Gasteiger partial charge in [-0.15, -0.1) is 0 Å². The van der Waals surface area contributed by atoms with Gasteiger partial charge in [0.2, 0.25) is 22.8 Å². The van der Waals surface area contributed by atoms with Crippen molar-refractivity contribution >= 4 is 52.9 Å². The number of amides is 6. The standard InChI is InChI=1S/C32H34Cl2N6O8/c1-39(15-17-11-20(47-2)14-21(12-17)48-3)29(45)40-16-22(18-9-10-23(33)24(34)13-18)32(46,19-7-5-4-6-8-19)30(25(35)41,26(36)42)31(40,27(37)43)28(38)44/h4-14,22,46H,15-16H2,1-3H3,(H2,35,41)(H2,36,42)(H2,37,43)(H2,38,44). The number of rotatable bonds is 10. The van der Waals surface area contributed by atoms with Gasteiger partial charge in [0, 0.05) is 32.1 Å². The lowest BCUT2D eigenvalue weighted by molar-refractivity contribution is -0.212. The molecule has 0 spiro atoms. The molecule has 0 bridgehead atoms. The highest BCUT2D eigenvalue weighted by Crippen LogP contribution is 2.60. The van der Waals surface area contributed by atoms with Gasteiger partial charge in [-0.2, -0.15) is 0 Å². The molecule has 1 aliphatic heterocycles. The minimum absolute atomic E-state index is 0.00284. The van der Waals surface area contributed by atoms with Gasteiger partial charge in [-0.3, -0.25) is 24.1 Å². The third-order valence-electron chi connectivity index (χ3n) is 8.79. The molecule has 1 saturated heterocycles. The largest absolute Gasteiger partial charge is 0.497 e. The van der Waals surface area contributed by atoms with Gasteiger partial charge in [-0.05, 0) is 41.0 Å². The van der Waals surface area contributed by atoms with Gasteiger partial charge in [0.05, 0.1) is 24.3 Å². The molecule has 0 aliphatic carbocycles. The summed E-state index contributed by atoms with van der Waals surface area (Å²) in [5, 5.41) is 13.1. The number of urea groups is 1. The molecular weight excluding hydrogens is 667 g/mol. The quantitative estimate of drug-likeness (QED) is 0.192. The molecule has 0 radical (unpaired) electrons. The van der Waals surface area contributed by atoms with E-state index in [1.165, 1.54) is 63.7 Å². The Labute approximate surface area is 285 Å². The van der Waals surface area contributed by atoms with Crippen molar-refractivity contribution in [3.63, 3.8) is 0 Å². The molecule has 2 atom stereocenters. The number of hydrogen-bond donors (Lipinski definition) is 5. The van der Waals surface area contributed by atoms with E-state index >= 15 is 0 Å². The van der Waals surface area contributed by atoms with E-state index in [4.69, 9.17) is 55.6 Å². The number of primary amides is 4. The van der Waals surface area contributed by atoms with Crippen molar-refractivity contribution in [1.82, 2.24) is 9.80 Å². The molecular formula is C32H34Cl2N6O8. The predicted octanol–water partition coefficient (Wildman–Crippen LogP) is 1.22. The molecule has 254 valence electrons. The smallest absolute Gasteiger partial charge is 0.321 e. The average Bonchev–Trinajstić information content (AvgIpc) is 3.04. The van der Waals surface area contributed by atoms with Crippen LogP contribution in [0.3, 0.4) is 0 Å². The summed E-state index contributed by atoms with van der Waals surface area (Å²) in [5.41, 5.74) is 14.1. The Morgan fingerprint density at radius 2 is 1.38 bits per heavy atom. The van der Waals surface area contributed by atoms with Gasteiger partial charge in [0.25, 0.3) is 11.8 Å². The Kier molecular flexibility index (Phi) is 9.86. The Morgan fingerprint density at radius 3 is 1.83 bits per heavy atom.